The van der Waals surface area contributed by atoms with Crippen LogP contribution in [0.25, 0.3) is 0 Å². The fraction of sp³-hybridized carbons (Fsp3) is 0.700. The van der Waals surface area contributed by atoms with Gasteiger partial charge in [0.25, 0.3) is 0 Å². The molecule has 1 aliphatic heterocycles. The van der Waals surface area contributed by atoms with Crippen molar-refractivity contribution in [2.75, 3.05) is 26.2 Å². The quantitative estimate of drug-likeness (QED) is 0.823. The lowest BCUT2D eigenvalue weighted by Crippen LogP contribution is -3.13. The van der Waals surface area contributed by atoms with Crippen LogP contribution in [0.15, 0.2) is 18.2 Å². The lowest BCUT2D eigenvalue weighted by molar-refractivity contribution is -0.908. The Morgan fingerprint density at radius 3 is 2.68 bits per heavy atom. The molecule has 1 aromatic carbocycles. The van der Waals surface area contributed by atoms with Crippen LogP contribution < -0.4 is 9.64 Å². The minimum atomic E-state index is 0.206. The van der Waals surface area contributed by atoms with Gasteiger partial charge in [-0.15, -0.1) is 0 Å². The summed E-state index contributed by atoms with van der Waals surface area (Å²) in [7, 11) is 0. The minimum Gasteiger partial charge on any atom is -0.493 e. The standard InChI is InChI=1S/C20H33NO/c1-16-8-6-11-21(15-16)12-7-13-22-19-10-9-18(14-17(19)2)20(3,4)5/h9-10,14,16H,6-8,11-13,15H2,1-5H3/p+1/t16-/m1/s1. The van der Waals surface area contributed by atoms with Crippen LogP contribution in [0, 0.1) is 12.8 Å². The Hall–Kier alpha value is -1.02. The Bertz CT molecular complexity index is 475. The number of nitrogens with one attached hydrogen (secondary N) is 1. The van der Waals surface area contributed by atoms with E-state index in [1.807, 2.05) is 0 Å². The Labute approximate surface area is 136 Å². The molecule has 1 fully saturated rings. The van der Waals surface area contributed by atoms with E-state index >= 15 is 0 Å². The van der Waals surface area contributed by atoms with E-state index in [1.54, 1.807) is 4.90 Å². The lowest BCUT2D eigenvalue weighted by atomic mass is 9.86. The first-order valence-electron chi connectivity index (χ1n) is 8.94. The smallest absolute Gasteiger partial charge is 0.122 e. The first-order valence-corrected chi connectivity index (χ1v) is 8.94. The molecule has 1 N–H and O–H groups in total. The molecule has 124 valence electrons. The SMILES string of the molecule is Cc1cc(C(C)(C)C)ccc1OCCC[NH+]1CCC[C@@H](C)C1. The molecule has 2 rings (SSSR count). The van der Waals surface area contributed by atoms with Crippen molar-refractivity contribution in [1.82, 2.24) is 0 Å². The van der Waals surface area contributed by atoms with Crippen LogP contribution in [0.1, 0.15) is 58.1 Å². The second-order valence-electron chi connectivity index (χ2n) is 8.13. The Morgan fingerprint density at radius 2 is 2.05 bits per heavy atom. The molecule has 0 radical (unpaired) electrons. The second kappa shape index (κ2) is 7.50. The van der Waals surface area contributed by atoms with Gasteiger partial charge in [-0.3, -0.25) is 0 Å². The maximum absolute atomic E-state index is 6.01. The minimum absolute atomic E-state index is 0.206. The molecule has 1 aliphatic rings. The number of likely N-dealkylation sites (tertiary alicyclic amines) is 1. The van der Waals surface area contributed by atoms with E-state index in [1.165, 1.54) is 43.6 Å². The van der Waals surface area contributed by atoms with Crippen LogP contribution in [0.5, 0.6) is 5.75 Å². The van der Waals surface area contributed by atoms with E-state index in [-0.39, 0.29) is 5.41 Å². The highest BCUT2D eigenvalue weighted by atomic mass is 16.5. The molecule has 1 saturated heterocycles. The van der Waals surface area contributed by atoms with Gasteiger partial charge >= 0.3 is 0 Å². The summed E-state index contributed by atoms with van der Waals surface area (Å²) in [5.74, 6) is 1.95. The molecule has 0 aliphatic carbocycles. The fourth-order valence-electron chi connectivity index (χ4n) is 3.41. The van der Waals surface area contributed by atoms with Crippen molar-refractivity contribution in [2.24, 2.45) is 5.92 Å². The molecule has 0 amide bonds. The van der Waals surface area contributed by atoms with E-state index in [0.29, 0.717) is 0 Å². The van der Waals surface area contributed by atoms with Gasteiger partial charge in [0, 0.05) is 12.3 Å². The first-order chi connectivity index (χ1) is 10.4. The zero-order valence-electron chi connectivity index (χ0n) is 15.2. The topological polar surface area (TPSA) is 13.7 Å². The lowest BCUT2D eigenvalue weighted by Gasteiger charge is -2.27. The van der Waals surface area contributed by atoms with Crippen molar-refractivity contribution in [1.29, 1.82) is 0 Å². The van der Waals surface area contributed by atoms with Gasteiger partial charge in [-0.25, -0.2) is 0 Å². The summed E-state index contributed by atoms with van der Waals surface area (Å²) >= 11 is 0. The number of ether oxygens (including phenoxy) is 1. The average molecular weight is 304 g/mol. The highest BCUT2D eigenvalue weighted by molar-refractivity contribution is 5.38. The van der Waals surface area contributed by atoms with Crippen molar-refractivity contribution < 1.29 is 9.64 Å². The van der Waals surface area contributed by atoms with Gasteiger partial charge in [0.05, 0.1) is 26.2 Å². The van der Waals surface area contributed by atoms with Crippen molar-refractivity contribution in [3.05, 3.63) is 29.3 Å². The van der Waals surface area contributed by atoms with Crippen LogP contribution >= 0.6 is 0 Å². The van der Waals surface area contributed by atoms with Gasteiger partial charge in [0.2, 0.25) is 0 Å². The van der Waals surface area contributed by atoms with Gasteiger partial charge < -0.3 is 9.64 Å². The molecular formula is C20H34NO+. The first kappa shape index (κ1) is 17.3. The summed E-state index contributed by atoms with van der Waals surface area (Å²) in [6.07, 6.45) is 3.96. The number of hydrogen-bond donors (Lipinski definition) is 1. The molecule has 0 spiro atoms. The Morgan fingerprint density at radius 1 is 1.27 bits per heavy atom. The molecule has 0 bridgehead atoms. The summed E-state index contributed by atoms with van der Waals surface area (Å²) in [6, 6.07) is 6.62. The van der Waals surface area contributed by atoms with E-state index < -0.39 is 0 Å². The summed E-state index contributed by atoms with van der Waals surface area (Å²) in [5.41, 5.74) is 2.84. The summed E-state index contributed by atoms with van der Waals surface area (Å²) in [6.45, 7) is 16.1. The zero-order valence-corrected chi connectivity index (χ0v) is 15.2. The van der Waals surface area contributed by atoms with E-state index in [9.17, 15) is 0 Å². The second-order valence-corrected chi connectivity index (χ2v) is 8.13. The van der Waals surface area contributed by atoms with Gasteiger partial charge in [-0.2, -0.15) is 0 Å². The number of rotatable bonds is 5. The zero-order chi connectivity index (χ0) is 16.2. The molecular weight excluding hydrogens is 270 g/mol. The summed E-state index contributed by atoms with van der Waals surface area (Å²) in [4.78, 5) is 1.77. The third kappa shape index (κ3) is 5.01. The molecule has 1 heterocycles. The maximum atomic E-state index is 6.01. The highest BCUT2D eigenvalue weighted by Crippen LogP contribution is 2.27. The molecule has 2 atom stereocenters. The fourth-order valence-corrected chi connectivity index (χ4v) is 3.41. The number of piperidine rings is 1. The van der Waals surface area contributed by atoms with Crippen molar-refractivity contribution in [3.8, 4) is 5.75 Å². The van der Waals surface area contributed by atoms with Crippen molar-refractivity contribution in [3.63, 3.8) is 0 Å². The number of aryl methyl sites for hydroxylation is 1. The van der Waals surface area contributed by atoms with Crippen LogP contribution in [-0.4, -0.2) is 26.2 Å². The predicted molar refractivity (Wildman–Crippen MR) is 94.0 cm³/mol. The number of hydrogen-bond acceptors (Lipinski definition) is 1. The third-order valence-electron chi connectivity index (χ3n) is 4.84. The van der Waals surface area contributed by atoms with E-state index in [4.69, 9.17) is 4.74 Å². The largest absolute Gasteiger partial charge is 0.493 e. The Balaban J connectivity index is 1.77. The Kier molecular flexibility index (Phi) is 5.91. The normalized spacial score (nSPS) is 22.6. The highest BCUT2D eigenvalue weighted by Gasteiger charge is 2.19. The van der Waals surface area contributed by atoms with Gasteiger partial charge in [0.15, 0.2) is 0 Å². The molecule has 2 nitrogen and oxygen atoms in total. The van der Waals surface area contributed by atoms with Crippen LogP contribution in [0.4, 0.5) is 0 Å². The van der Waals surface area contributed by atoms with Crippen molar-refractivity contribution in [2.45, 2.75) is 59.3 Å². The number of quaternary nitrogens is 1. The monoisotopic (exact) mass is 304 g/mol. The molecule has 1 aromatic rings. The van der Waals surface area contributed by atoms with Gasteiger partial charge in [-0.1, -0.05) is 39.8 Å². The average Bonchev–Trinajstić information content (AvgIpc) is 2.44. The van der Waals surface area contributed by atoms with Crippen LogP contribution in [0.3, 0.4) is 0 Å². The molecule has 1 unspecified atom stereocenters. The molecule has 2 heteroatoms. The maximum Gasteiger partial charge on any atom is 0.122 e. The van der Waals surface area contributed by atoms with Crippen molar-refractivity contribution >= 4 is 0 Å². The summed E-state index contributed by atoms with van der Waals surface area (Å²) < 4.78 is 6.01. The van der Waals surface area contributed by atoms with Crippen LogP contribution in [-0.2, 0) is 5.41 Å². The molecule has 22 heavy (non-hydrogen) atoms. The molecule has 0 saturated carbocycles. The van der Waals surface area contributed by atoms with E-state index in [2.05, 4.69) is 52.8 Å². The van der Waals surface area contributed by atoms with Crippen LogP contribution in [0.2, 0.25) is 0 Å². The number of benzene rings is 1. The van der Waals surface area contributed by atoms with E-state index in [0.717, 1.165) is 24.7 Å². The summed E-state index contributed by atoms with van der Waals surface area (Å²) in [5, 5.41) is 0. The van der Waals surface area contributed by atoms with Gasteiger partial charge in [0.1, 0.15) is 5.75 Å². The molecule has 0 aromatic heterocycles. The third-order valence-corrected chi connectivity index (χ3v) is 4.84. The van der Waals surface area contributed by atoms with Gasteiger partial charge in [-0.05, 0) is 42.4 Å². The predicted octanol–water partition coefficient (Wildman–Crippen LogP) is 3.38.